The third kappa shape index (κ3) is 6.86. The summed E-state index contributed by atoms with van der Waals surface area (Å²) in [6, 6.07) is 8.85. The van der Waals surface area contributed by atoms with E-state index in [1.165, 1.54) is 6.07 Å². The predicted molar refractivity (Wildman–Crippen MR) is 124 cm³/mol. The Bertz CT molecular complexity index is 1100. The third-order valence-corrected chi connectivity index (χ3v) is 6.02. The number of ether oxygens (including phenoxy) is 1. The van der Waals surface area contributed by atoms with Crippen molar-refractivity contribution in [1.29, 1.82) is 0 Å². The molecule has 1 fully saturated rings. The molecule has 0 aromatic heterocycles. The van der Waals surface area contributed by atoms with Gasteiger partial charge >= 0.3 is 18.2 Å². The first-order chi connectivity index (χ1) is 16.2. The van der Waals surface area contributed by atoms with Crippen LogP contribution in [0.1, 0.15) is 56.8 Å². The van der Waals surface area contributed by atoms with E-state index in [-0.39, 0.29) is 36.9 Å². The Labute approximate surface area is 201 Å². The SMILES string of the molecule is CC(C)(C)OC(=O)Nc1cc2ccccc2cc1C(=O)NC(C(=O)O)C1CCC(C(F)(F)F)CC1. The average molecular weight is 495 g/mol. The number of carbonyl (C=O) groups excluding carboxylic acids is 2. The molecule has 0 spiro atoms. The number of carboxylic acids is 1. The zero-order chi connectivity index (χ0) is 26.0. The maximum absolute atomic E-state index is 13.2. The van der Waals surface area contributed by atoms with Gasteiger partial charge in [-0.2, -0.15) is 13.2 Å². The van der Waals surface area contributed by atoms with Crippen LogP contribution < -0.4 is 10.6 Å². The molecule has 1 atom stereocenters. The van der Waals surface area contributed by atoms with Crippen LogP contribution in [0.15, 0.2) is 36.4 Å². The largest absolute Gasteiger partial charge is 0.480 e. The van der Waals surface area contributed by atoms with E-state index in [4.69, 9.17) is 4.74 Å². The van der Waals surface area contributed by atoms with Crippen molar-refractivity contribution in [3.05, 3.63) is 42.0 Å². The second-order valence-corrected chi connectivity index (χ2v) is 9.81. The third-order valence-electron chi connectivity index (χ3n) is 6.02. The molecule has 7 nitrogen and oxygen atoms in total. The van der Waals surface area contributed by atoms with Crippen molar-refractivity contribution in [2.45, 2.75) is 64.3 Å². The topological polar surface area (TPSA) is 105 Å². The van der Waals surface area contributed by atoms with Crippen LogP contribution in [0, 0.1) is 11.8 Å². The zero-order valence-electron chi connectivity index (χ0n) is 19.7. The molecule has 1 aliphatic carbocycles. The van der Waals surface area contributed by atoms with Gasteiger partial charge in [0.25, 0.3) is 5.91 Å². The van der Waals surface area contributed by atoms with E-state index in [9.17, 15) is 32.7 Å². The van der Waals surface area contributed by atoms with Crippen molar-refractivity contribution in [2.24, 2.45) is 11.8 Å². The lowest BCUT2D eigenvalue weighted by Gasteiger charge is -2.33. The van der Waals surface area contributed by atoms with Gasteiger partial charge in [0.1, 0.15) is 11.6 Å². The molecule has 0 aliphatic heterocycles. The predicted octanol–water partition coefficient (Wildman–Crippen LogP) is 5.74. The van der Waals surface area contributed by atoms with E-state index in [1.807, 2.05) is 0 Å². The van der Waals surface area contributed by atoms with Gasteiger partial charge in [0.15, 0.2) is 0 Å². The summed E-state index contributed by atoms with van der Waals surface area (Å²) in [5.74, 6) is -4.19. The number of carboxylic acid groups (broad SMARTS) is 1. The second kappa shape index (κ2) is 10.1. The number of benzene rings is 2. The van der Waals surface area contributed by atoms with Gasteiger partial charge < -0.3 is 15.2 Å². The quantitative estimate of drug-likeness (QED) is 0.492. The number of halogens is 3. The second-order valence-electron chi connectivity index (χ2n) is 9.81. The molecular formula is C25H29F3N2O5. The van der Waals surface area contributed by atoms with Crippen LogP contribution in [0.2, 0.25) is 0 Å². The Hall–Kier alpha value is -3.30. The molecule has 190 valence electrons. The molecule has 0 saturated heterocycles. The minimum absolute atomic E-state index is 0.0183. The minimum atomic E-state index is -4.32. The van der Waals surface area contributed by atoms with Crippen LogP contribution in [-0.4, -0.2) is 40.9 Å². The molecule has 2 amide bonds. The Morgan fingerprint density at radius 1 is 1.00 bits per heavy atom. The van der Waals surface area contributed by atoms with Crippen molar-refractivity contribution < 1.29 is 37.4 Å². The summed E-state index contributed by atoms with van der Waals surface area (Å²) < 4.78 is 44.3. The first-order valence-corrected chi connectivity index (χ1v) is 11.4. The Morgan fingerprint density at radius 2 is 1.57 bits per heavy atom. The number of amides is 2. The van der Waals surface area contributed by atoms with Gasteiger partial charge in [0.05, 0.1) is 17.2 Å². The lowest BCUT2D eigenvalue weighted by Crippen LogP contribution is -2.47. The van der Waals surface area contributed by atoms with Crippen molar-refractivity contribution in [3.8, 4) is 0 Å². The maximum Gasteiger partial charge on any atom is 0.412 e. The van der Waals surface area contributed by atoms with Crippen molar-refractivity contribution in [2.75, 3.05) is 5.32 Å². The van der Waals surface area contributed by atoms with Gasteiger partial charge in [0, 0.05) is 0 Å². The maximum atomic E-state index is 13.2. The fourth-order valence-electron chi connectivity index (χ4n) is 4.33. The number of aliphatic carboxylic acids is 1. The highest BCUT2D eigenvalue weighted by atomic mass is 19.4. The summed E-state index contributed by atoms with van der Waals surface area (Å²) in [7, 11) is 0. The van der Waals surface area contributed by atoms with E-state index >= 15 is 0 Å². The number of alkyl halides is 3. The number of anilines is 1. The number of rotatable bonds is 5. The van der Waals surface area contributed by atoms with E-state index < -0.39 is 47.6 Å². The number of carbonyl (C=O) groups is 3. The lowest BCUT2D eigenvalue weighted by atomic mass is 9.78. The van der Waals surface area contributed by atoms with Gasteiger partial charge in [-0.1, -0.05) is 24.3 Å². The first-order valence-electron chi connectivity index (χ1n) is 11.4. The number of nitrogens with one attached hydrogen (secondary N) is 2. The Morgan fingerprint density at radius 3 is 2.09 bits per heavy atom. The molecule has 2 aromatic carbocycles. The van der Waals surface area contributed by atoms with Crippen molar-refractivity contribution in [3.63, 3.8) is 0 Å². The molecule has 35 heavy (non-hydrogen) atoms. The highest BCUT2D eigenvalue weighted by Gasteiger charge is 2.43. The van der Waals surface area contributed by atoms with Crippen LogP contribution in [0.3, 0.4) is 0 Å². The van der Waals surface area contributed by atoms with Crippen LogP contribution in [0.25, 0.3) is 10.8 Å². The van der Waals surface area contributed by atoms with E-state index in [0.29, 0.717) is 5.39 Å². The molecule has 3 N–H and O–H groups in total. The summed E-state index contributed by atoms with van der Waals surface area (Å²) in [5, 5.41) is 16.2. The minimum Gasteiger partial charge on any atom is -0.480 e. The van der Waals surface area contributed by atoms with Crippen LogP contribution in [0.4, 0.5) is 23.7 Å². The van der Waals surface area contributed by atoms with Crippen molar-refractivity contribution in [1.82, 2.24) is 5.32 Å². The summed E-state index contributed by atoms with van der Waals surface area (Å²) in [6.07, 6.45) is -5.42. The number of hydrogen-bond donors (Lipinski definition) is 3. The van der Waals surface area contributed by atoms with E-state index in [0.717, 1.165) is 5.39 Å². The smallest absolute Gasteiger partial charge is 0.412 e. The molecule has 1 saturated carbocycles. The summed E-state index contributed by atoms with van der Waals surface area (Å²) in [4.78, 5) is 37.5. The normalized spacial score (nSPS) is 19.6. The van der Waals surface area contributed by atoms with E-state index in [1.54, 1.807) is 51.1 Å². The number of hydrogen-bond acceptors (Lipinski definition) is 4. The fraction of sp³-hybridized carbons (Fsp3) is 0.480. The molecule has 0 bridgehead atoms. The molecule has 1 unspecified atom stereocenters. The highest BCUT2D eigenvalue weighted by molar-refractivity contribution is 6.07. The standard InChI is InChI=1S/C25H29F3N2O5/c1-24(2,3)35-23(34)29-19-13-16-7-5-4-6-15(16)12-18(19)21(31)30-20(22(32)33)14-8-10-17(11-9-14)25(26,27)28/h4-7,12-14,17,20H,8-11H2,1-3H3,(H,29,34)(H,30,31)(H,32,33). The molecule has 2 aromatic rings. The van der Waals surface area contributed by atoms with Gasteiger partial charge in [-0.15, -0.1) is 0 Å². The Kier molecular flexibility index (Phi) is 7.62. The van der Waals surface area contributed by atoms with Gasteiger partial charge in [-0.05, 0) is 75.3 Å². The summed E-state index contributed by atoms with van der Waals surface area (Å²) in [5.41, 5.74) is -0.641. The molecule has 1 aliphatic rings. The van der Waals surface area contributed by atoms with Gasteiger partial charge in [0.2, 0.25) is 0 Å². The molecule has 10 heteroatoms. The fourth-order valence-corrected chi connectivity index (χ4v) is 4.33. The number of fused-ring (bicyclic) bond motifs is 1. The Balaban J connectivity index is 1.85. The summed E-state index contributed by atoms with van der Waals surface area (Å²) in [6.45, 7) is 5.06. The molecular weight excluding hydrogens is 465 g/mol. The van der Waals surface area contributed by atoms with Gasteiger partial charge in [-0.3, -0.25) is 10.1 Å². The average Bonchev–Trinajstić information content (AvgIpc) is 2.74. The lowest BCUT2D eigenvalue weighted by molar-refractivity contribution is -0.184. The van der Waals surface area contributed by atoms with E-state index in [2.05, 4.69) is 10.6 Å². The first kappa shape index (κ1) is 26.3. The molecule has 3 rings (SSSR count). The molecule has 0 heterocycles. The van der Waals surface area contributed by atoms with Gasteiger partial charge in [-0.25, -0.2) is 9.59 Å². The van der Waals surface area contributed by atoms with Crippen LogP contribution in [-0.2, 0) is 9.53 Å². The monoisotopic (exact) mass is 494 g/mol. The van der Waals surface area contributed by atoms with Crippen LogP contribution in [0.5, 0.6) is 0 Å². The summed E-state index contributed by atoms with van der Waals surface area (Å²) >= 11 is 0. The van der Waals surface area contributed by atoms with Crippen LogP contribution >= 0.6 is 0 Å². The zero-order valence-corrected chi connectivity index (χ0v) is 19.7. The molecule has 0 radical (unpaired) electrons. The highest BCUT2D eigenvalue weighted by Crippen LogP contribution is 2.40. The van der Waals surface area contributed by atoms with Crippen molar-refractivity contribution >= 4 is 34.4 Å².